The standard InChI is InChI=1S/C12H10N2S/c1-8-14-7-12(15-8)10-3-2-9-4-5-13-11(9)6-10/h2-7,13H,1H3. The summed E-state index contributed by atoms with van der Waals surface area (Å²) in [6, 6.07) is 8.53. The molecule has 0 aliphatic rings. The van der Waals surface area contributed by atoms with Gasteiger partial charge in [0.15, 0.2) is 0 Å². The van der Waals surface area contributed by atoms with Gasteiger partial charge in [0.2, 0.25) is 0 Å². The van der Waals surface area contributed by atoms with Crippen LogP contribution in [0.1, 0.15) is 5.01 Å². The number of aromatic amines is 1. The average molecular weight is 214 g/mol. The first kappa shape index (κ1) is 8.68. The van der Waals surface area contributed by atoms with E-state index in [0.29, 0.717) is 0 Å². The summed E-state index contributed by atoms with van der Waals surface area (Å²) in [5, 5.41) is 2.36. The molecule has 0 spiro atoms. The van der Waals surface area contributed by atoms with Gasteiger partial charge in [-0.25, -0.2) is 4.98 Å². The van der Waals surface area contributed by atoms with Gasteiger partial charge in [-0.15, -0.1) is 11.3 Å². The van der Waals surface area contributed by atoms with Crippen LogP contribution in [0.4, 0.5) is 0 Å². The third-order valence-electron chi connectivity index (χ3n) is 2.46. The SMILES string of the molecule is Cc1ncc(-c2ccc3cc[nH]c3c2)s1. The molecule has 15 heavy (non-hydrogen) atoms. The van der Waals surface area contributed by atoms with E-state index in [0.717, 1.165) is 5.01 Å². The summed E-state index contributed by atoms with van der Waals surface area (Å²) in [6.07, 6.45) is 3.90. The minimum Gasteiger partial charge on any atom is -0.361 e. The molecule has 2 heterocycles. The number of benzene rings is 1. The number of rotatable bonds is 1. The van der Waals surface area contributed by atoms with Gasteiger partial charge >= 0.3 is 0 Å². The first-order valence-corrected chi connectivity index (χ1v) is 5.64. The van der Waals surface area contributed by atoms with Crippen molar-refractivity contribution in [1.29, 1.82) is 0 Å². The van der Waals surface area contributed by atoms with Crippen molar-refractivity contribution in [2.75, 3.05) is 0 Å². The molecule has 0 amide bonds. The molecule has 2 nitrogen and oxygen atoms in total. The monoisotopic (exact) mass is 214 g/mol. The maximum atomic E-state index is 4.27. The number of aryl methyl sites for hydroxylation is 1. The van der Waals surface area contributed by atoms with Crippen molar-refractivity contribution in [3.63, 3.8) is 0 Å². The van der Waals surface area contributed by atoms with Gasteiger partial charge in [0.05, 0.1) is 9.88 Å². The van der Waals surface area contributed by atoms with E-state index in [1.54, 1.807) is 11.3 Å². The van der Waals surface area contributed by atoms with Gasteiger partial charge < -0.3 is 4.98 Å². The van der Waals surface area contributed by atoms with Crippen molar-refractivity contribution in [3.05, 3.63) is 41.7 Å². The molecule has 74 valence electrons. The topological polar surface area (TPSA) is 28.7 Å². The maximum Gasteiger partial charge on any atom is 0.0900 e. The fraction of sp³-hybridized carbons (Fsp3) is 0.0833. The Morgan fingerprint density at radius 1 is 1.27 bits per heavy atom. The lowest BCUT2D eigenvalue weighted by atomic mass is 10.1. The minimum absolute atomic E-state index is 1.11. The molecule has 0 saturated heterocycles. The van der Waals surface area contributed by atoms with Crippen LogP contribution in [0.5, 0.6) is 0 Å². The highest BCUT2D eigenvalue weighted by Crippen LogP contribution is 2.28. The number of fused-ring (bicyclic) bond motifs is 1. The summed E-state index contributed by atoms with van der Waals surface area (Å²) in [5.74, 6) is 0. The molecule has 3 aromatic rings. The number of hydrogen-bond acceptors (Lipinski definition) is 2. The van der Waals surface area contributed by atoms with Crippen LogP contribution < -0.4 is 0 Å². The van der Waals surface area contributed by atoms with Crippen molar-refractivity contribution in [1.82, 2.24) is 9.97 Å². The largest absolute Gasteiger partial charge is 0.361 e. The molecule has 0 saturated carbocycles. The van der Waals surface area contributed by atoms with E-state index >= 15 is 0 Å². The third kappa shape index (κ3) is 1.45. The first-order chi connectivity index (χ1) is 7.33. The smallest absolute Gasteiger partial charge is 0.0900 e. The fourth-order valence-electron chi connectivity index (χ4n) is 1.70. The van der Waals surface area contributed by atoms with Gasteiger partial charge in [0, 0.05) is 17.9 Å². The Labute approximate surface area is 91.6 Å². The summed E-state index contributed by atoms with van der Waals surface area (Å²) in [5.41, 5.74) is 2.41. The summed E-state index contributed by atoms with van der Waals surface area (Å²) in [7, 11) is 0. The second kappa shape index (κ2) is 3.21. The fourth-order valence-corrected chi connectivity index (χ4v) is 2.47. The van der Waals surface area contributed by atoms with Crippen molar-refractivity contribution < 1.29 is 0 Å². The lowest BCUT2D eigenvalue weighted by Crippen LogP contribution is -1.72. The minimum atomic E-state index is 1.11. The van der Waals surface area contributed by atoms with Gasteiger partial charge in [0.1, 0.15) is 0 Å². The van der Waals surface area contributed by atoms with Crippen LogP contribution >= 0.6 is 11.3 Å². The van der Waals surface area contributed by atoms with Crippen LogP contribution in [0.2, 0.25) is 0 Å². The van der Waals surface area contributed by atoms with Gasteiger partial charge in [-0.1, -0.05) is 12.1 Å². The Balaban J connectivity index is 2.18. The number of H-pyrrole nitrogens is 1. The molecule has 0 unspecified atom stereocenters. The maximum absolute atomic E-state index is 4.27. The Hall–Kier alpha value is -1.61. The number of hydrogen-bond donors (Lipinski definition) is 1. The zero-order valence-electron chi connectivity index (χ0n) is 8.32. The molecule has 0 fully saturated rings. The summed E-state index contributed by atoms with van der Waals surface area (Å²) in [4.78, 5) is 8.72. The average Bonchev–Trinajstić information content (AvgIpc) is 2.84. The molecule has 3 heteroatoms. The summed E-state index contributed by atoms with van der Waals surface area (Å²) >= 11 is 1.73. The van der Waals surface area contributed by atoms with E-state index in [1.165, 1.54) is 21.3 Å². The third-order valence-corrected chi connectivity index (χ3v) is 3.42. The Morgan fingerprint density at radius 3 is 3.00 bits per heavy atom. The highest BCUT2D eigenvalue weighted by atomic mass is 32.1. The first-order valence-electron chi connectivity index (χ1n) is 4.83. The number of nitrogens with one attached hydrogen (secondary N) is 1. The lowest BCUT2D eigenvalue weighted by molar-refractivity contribution is 1.30. The Morgan fingerprint density at radius 2 is 2.20 bits per heavy atom. The van der Waals surface area contributed by atoms with Crippen LogP contribution in [0.3, 0.4) is 0 Å². The van der Waals surface area contributed by atoms with E-state index in [1.807, 2.05) is 19.3 Å². The molecule has 2 aromatic heterocycles. The molecular formula is C12H10N2S. The van der Waals surface area contributed by atoms with Gasteiger partial charge in [-0.3, -0.25) is 0 Å². The molecule has 0 radical (unpaired) electrons. The van der Waals surface area contributed by atoms with Gasteiger partial charge in [-0.2, -0.15) is 0 Å². The van der Waals surface area contributed by atoms with Crippen LogP contribution in [0.15, 0.2) is 36.7 Å². The van der Waals surface area contributed by atoms with E-state index in [4.69, 9.17) is 0 Å². The van der Waals surface area contributed by atoms with Crippen molar-refractivity contribution in [2.24, 2.45) is 0 Å². The molecule has 0 aliphatic heterocycles. The second-order valence-corrected chi connectivity index (χ2v) is 4.76. The molecule has 0 atom stereocenters. The quantitative estimate of drug-likeness (QED) is 0.658. The lowest BCUT2D eigenvalue weighted by Gasteiger charge is -1.96. The molecule has 1 N–H and O–H groups in total. The zero-order chi connectivity index (χ0) is 10.3. The highest BCUT2D eigenvalue weighted by molar-refractivity contribution is 7.15. The number of aromatic nitrogens is 2. The van der Waals surface area contributed by atoms with E-state index in [2.05, 4.69) is 34.2 Å². The van der Waals surface area contributed by atoms with Gasteiger partial charge in [-0.05, 0) is 30.0 Å². The van der Waals surface area contributed by atoms with E-state index in [9.17, 15) is 0 Å². The van der Waals surface area contributed by atoms with Crippen LogP contribution in [-0.2, 0) is 0 Å². The molecule has 1 aromatic carbocycles. The normalized spacial score (nSPS) is 11.0. The van der Waals surface area contributed by atoms with Gasteiger partial charge in [0.25, 0.3) is 0 Å². The van der Waals surface area contributed by atoms with E-state index in [-0.39, 0.29) is 0 Å². The molecule has 3 rings (SSSR count). The summed E-state index contributed by atoms with van der Waals surface area (Å²) in [6.45, 7) is 2.03. The number of thiazole rings is 1. The van der Waals surface area contributed by atoms with Crippen molar-refractivity contribution >= 4 is 22.2 Å². The van der Waals surface area contributed by atoms with Crippen LogP contribution in [-0.4, -0.2) is 9.97 Å². The van der Waals surface area contributed by atoms with Crippen molar-refractivity contribution in [2.45, 2.75) is 6.92 Å². The van der Waals surface area contributed by atoms with Crippen molar-refractivity contribution in [3.8, 4) is 10.4 Å². The highest BCUT2D eigenvalue weighted by Gasteiger charge is 2.03. The Bertz CT molecular complexity index is 607. The van der Waals surface area contributed by atoms with Crippen LogP contribution in [0, 0.1) is 6.92 Å². The molecule has 0 bridgehead atoms. The van der Waals surface area contributed by atoms with Crippen LogP contribution in [0.25, 0.3) is 21.3 Å². The zero-order valence-corrected chi connectivity index (χ0v) is 9.14. The predicted molar refractivity (Wildman–Crippen MR) is 64.1 cm³/mol. The number of nitrogens with zero attached hydrogens (tertiary/aromatic N) is 1. The predicted octanol–water partition coefficient (Wildman–Crippen LogP) is 3.60. The summed E-state index contributed by atoms with van der Waals surface area (Å²) < 4.78 is 0. The molecule has 0 aliphatic carbocycles. The second-order valence-electron chi connectivity index (χ2n) is 3.52. The molecular weight excluding hydrogens is 204 g/mol. The Kier molecular flexibility index (Phi) is 1.86. The van der Waals surface area contributed by atoms with E-state index < -0.39 is 0 Å².